The molecule has 4 rings (SSSR count). The number of hydrogen-bond acceptors (Lipinski definition) is 7. The molecule has 2 aromatic heterocycles. The molecule has 0 atom stereocenters. The molecule has 0 bridgehead atoms. The summed E-state index contributed by atoms with van der Waals surface area (Å²) < 4.78 is 5.69. The lowest BCUT2D eigenvalue weighted by Gasteiger charge is -2.01. The molecule has 0 spiro atoms. The van der Waals surface area contributed by atoms with Crippen LogP contribution in [-0.4, -0.2) is 28.2 Å². The van der Waals surface area contributed by atoms with Crippen LogP contribution in [0.5, 0.6) is 0 Å². The number of anilines is 1. The van der Waals surface area contributed by atoms with Crippen molar-refractivity contribution in [2.75, 3.05) is 5.32 Å². The van der Waals surface area contributed by atoms with E-state index in [0.29, 0.717) is 42.8 Å². The quantitative estimate of drug-likeness (QED) is 0.255. The van der Waals surface area contributed by atoms with E-state index in [9.17, 15) is 9.59 Å². The van der Waals surface area contributed by atoms with Gasteiger partial charge in [0, 0.05) is 16.1 Å². The Bertz CT molecular complexity index is 1370. The Hall–Kier alpha value is -3.53. The number of amides is 2. The van der Waals surface area contributed by atoms with Gasteiger partial charge in [0.1, 0.15) is 16.5 Å². The maximum atomic E-state index is 12.3. The smallest absolute Gasteiger partial charge is 0.257 e. The Balaban J connectivity index is 1.29. The molecule has 2 N–H and O–H groups in total. The normalized spacial score (nSPS) is 11.0. The first-order valence-corrected chi connectivity index (χ1v) is 11.5. The Kier molecular flexibility index (Phi) is 7.36. The standard InChI is InChI=1S/C23H17Cl2N5O3S/c1-13-2-4-14(5-3-13)22(32)27-23-30-29-21(34-23)11-20(31)28-26-12-16-7-9-19(33-16)17-8-6-15(24)10-18(17)25/h2-10,12H,11H2,1H3,(H,28,31)(H,27,30,32)/b26-12-. The summed E-state index contributed by atoms with van der Waals surface area (Å²) in [5.74, 6) is 0.285. The number of nitrogens with one attached hydrogen (secondary N) is 2. The van der Waals surface area contributed by atoms with Gasteiger partial charge in [-0.15, -0.1) is 10.2 Å². The molecule has 0 radical (unpaired) electrons. The second kappa shape index (κ2) is 10.6. The molecule has 4 aromatic rings. The van der Waals surface area contributed by atoms with Crippen molar-refractivity contribution in [3.63, 3.8) is 0 Å². The summed E-state index contributed by atoms with van der Waals surface area (Å²) in [4.78, 5) is 24.4. The van der Waals surface area contributed by atoms with Crippen molar-refractivity contribution >= 4 is 57.7 Å². The molecule has 2 amide bonds. The summed E-state index contributed by atoms with van der Waals surface area (Å²) in [6.45, 7) is 1.94. The van der Waals surface area contributed by atoms with Crippen molar-refractivity contribution in [3.8, 4) is 11.3 Å². The molecule has 0 aliphatic carbocycles. The van der Waals surface area contributed by atoms with E-state index >= 15 is 0 Å². The number of furan rings is 1. The average Bonchev–Trinajstić information content (AvgIpc) is 3.44. The van der Waals surface area contributed by atoms with Gasteiger partial charge in [-0.1, -0.05) is 52.2 Å². The number of benzene rings is 2. The predicted octanol–water partition coefficient (Wildman–Crippen LogP) is 5.36. The molecule has 0 saturated carbocycles. The van der Waals surface area contributed by atoms with E-state index in [-0.39, 0.29) is 12.3 Å². The Morgan fingerprint density at radius 1 is 1.09 bits per heavy atom. The van der Waals surface area contributed by atoms with E-state index in [0.717, 1.165) is 16.9 Å². The molecule has 2 aromatic carbocycles. The van der Waals surface area contributed by atoms with Crippen LogP contribution >= 0.6 is 34.5 Å². The van der Waals surface area contributed by atoms with Gasteiger partial charge < -0.3 is 4.42 Å². The number of carbonyl (C=O) groups excluding carboxylic acids is 2. The summed E-state index contributed by atoms with van der Waals surface area (Å²) >= 11 is 13.2. The van der Waals surface area contributed by atoms with Gasteiger partial charge in [0.15, 0.2) is 0 Å². The van der Waals surface area contributed by atoms with Crippen LogP contribution in [0, 0.1) is 6.92 Å². The molecule has 0 unspecified atom stereocenters. The molecule has 0 aliphatic rings. The highest BCUT2D eigenvalue weighted by Crippen LogP contribution is 2.31. The minimum atomic E-state index is -0.392. The number of hydrogen-bond donors (Lipinski definition) is 2. The summed E-state index contributed by atoms with van der Waals surface area (Å²) in [5.41, 5.74) is 4.66. The van der Waals surface area contributed by atoms with Crippen molar-refractivity contribution in [1.29, 1.82) is 0 Å². The van der Waals surface area contributed by atoms with Crippen molar-refractivity contribution in [2.24, 2.45) is 5.10 Å². The SMILES string of the molecule is Cc1ccc(C(=O)Nc2nnc(CC(=O)N/N=C\c3ccc(-c4ccc(Cl)cc4Cl)o3)s2)cc1. The first-order valence-electron chi connectivity index (χ1n) is 9.95. The van der Waals surface area contributed by atoms with Gasteiger partial charge in [-0.3, -0.25) is 14.9 Å². The Morgan fingerprint density at radius 2 is 1.88 bits per heavy atom. The minimum absolute atomic E-state index is 0.0425. The Labute approximate surface area is 208 Å². The molecule has 172 valence electrons. The zero-order valence-corrected chi connectivity index (χ0v) is 20.0. The lowest BCUT2D eigenvalue weighted by Crippen LogP contribution is -2.19. The lowest BCUT2D eigenvalue weighted by molar-refractivity contribution is -0.120. The predicted molar refractivity (Wildman–Crippen MR) is 133 cm³/mol. The van der Waals surface area contributed by atoms with Crippen molar-refractivity contribution in [2.45, 2.75) is 13.3 Å². The third-order valence-electron chi connectivity index (χ3n) is 4.52. The third kappa shape index (κ3) is 6.07. The molecular weight excluding hydrogens is 497 g/mol. The van der Waals surface area contributed by atoms with E-state index in [4.69, 9.17) is 27.6 Å². The largest absolute Gasteiger partial charge is 0.455 e. The fraction of sp³-hybridized carbons (Fsp3) is 0.0870. The average molecular weight is 514 g/mol. The molecular formula is C23H17Cl2N5O3S. The first-order chi connectivity index (χ1) is 16.4. The number of aromatic nitrogens is 2. The van der Waals surface area contributed by atoms with E-state index in [2.05, 4.69) is 26.0 Å². The van der Waals surface area contributed by atoms with Crippen LogP contribution in [0.4, 0.5) is 5.13 Å². The van der Waals surface area contributed by atoms with Gasteiger partial charge in [-0.25, -0.2) is 5.43 Å². The number of halogens is 2. The summed E-state index contributed by atoms with van der Waals surface area (Å²) in [6, 6.07) is 15.7. The fourth-order valence-electron chi connectivity index (χ4n) is 2.85. The van der Waals surface area contributed by atoms with E-state index < -0.39 is 5.91 Å². The highest BCUT2D eigenvalue weighted by atomic mass is 35.5. The molecule has 2 heterocycles. The van der Waals surface area contributed by atoms with E-state index in [1.54, 1.807) is 42.5 Å². The maximum Gasteiger partial charge on any atom is 0.257 e. The zero-order valence-electron chi connectivity index (χ0n) is 17.7. The second-order valence-corrected chi connectivity index (χ2v) is 9.02. The summed E-state index contributed by atoms with van der Waals surface area (Å²) in [6.07, 6.45) is 1.33. The highest BCUT2D eigenvalue weighted by molar-refractivity contribution is 7.15. The van der Waals surface area contributed by atoms with Crippen LogP contribution in [0.15, 0.2) is 64.1 Å². The fourth-order valence-corrected chi connectivity index (χ4v) is 4.09. The lowest BCUT2D eigenvalue weighted by atomic mass is 10.1. The van der Waals surface area contributed by atoms with Gasteiger partial charge in [-0.2, -0.15) is 5.10 Å². The van der Waals surface area contributed by atoms with Crippen molar-refractivity contribution in [1.82, 2.24) is 15.6 Å². The van der Waals surface area contributed by atoms with Gasteiger partial charge in [0.25, 0.3) is 5.91 Å². The van der Waals surface area contributed by atoms with Crippen LogP contribution in [0.1, 0.15) is 26.7 Å². The highest BCUT2D eigenvalue weighted by Gasteiger charge is 2.13. The van der Waals surface area contributed by atoms with E-state index in [1.807, 2.05) is 19.1 Å². The number of nitrogens with zero attached hydrogens (tertiary/aromatic N) is 3. The minimum Gasteiger partial charge on any atom is -0.455 e. The third-order valence-corrected chi connectivity index (χ3v) is 5.90. The molecule has 8 nitrogen and oxygen atoms in total. The van der Waals surface area contributed by atoms with Crippen LogP contribution in [-0.2, 0) is 11.2 Å². The summed E-state index contributed by atoms with van der Waals surface area (Å²) in [5, 5.41) is 16.1. The van der Waals surface area contributed by atoms with E-state index in [1.165, 1.54) is 6.21 Å². The van der Waals surface area contributed by atoms with Gasteiger partial charge in [0.2, 0.25) is 11.0 Å². The number of carbonyl (C=O) groups is 2. The van der Waals surface area contributed by atoms with Crippen LogP contribution in [0.25, 0.3) is 11.3 Å². The zero-order chi connectivity index (χ0) is 24.1. The Morgan fingerprint density at radius 3 is 2.65 bits per heavy atom. The first kappa shape index (κ1) is 23.6. The second-order valence-electron chi connectivity index (χ2n) is 7.12. The molecule has 11 heteroatoms. The van der Waals surface area contributed by atoms with Gasteiger partial charge in [-0.05, 0) is 49.4 Å². The van der Waals surface area contributed by atoms with Crippen LogP contribution in [0.3, 0.4) is 0 Å². The van der Waals surface area contributed by atoms with Crippen molar-refractivity contribution < 1.29 is 14.0 Å². The summed E-state index contributed by atoms with van der Waals surface area (Å²) in [7, 11) is 0. The molecule has 34 heavy (non-hydrogen) atoms. The van der Waals surface area contributed by atoms with Crippen molar-refractivity contribution in [3.05, 3.63) is 86.5 Å². The van der Waals surface area contributed by atoms with Crippen LogP contribution < -0.4 is 10.7 Å². The maximum absolute atomic E-state index is 12.3. The van der Waals surface area contributed by atoms with Gasteiger partial charge >= 0.3 is 0 Å². The topological polar surface area (TPSA) is 109 Å². The molecule has 0 aliphatic heterocycles. The molecule has 0 saturated heterocycles. The molecule has 0 fully saturated rings. The monoisotopic (exact) mass is 513 g/mol. The number of hydrazone groups is 1. The van der Waals surface area contributed by atoms with Crippen LogP contribution in [0.2, 0.25) is 10.0 Å². The van der Waals surface area contributed by atoms with Gasteiger partial charge in [0.05, 0.1) is 17.7 Å². The number of rotatable bonds is 7. The number of aryl methyl sites for hydroxylation is 1.